The van der Waals surface area contributed by atoms with Crippen LogP contribution >= 0.6 is 0 Å². The van der Waals surface area contributed by atoms with Crippen LogP contribution in [0.25, 0.3) is 0 Å². The fraction of sp³-hybridized carbons (Fsp3) is 1.00. The van der Waals surface area contributed by atoms with E-state index >= 15 is 0 Å². The lowest BCUT2D eigenvalue weighted by molar-refractivity contribution is -0.107. The van der Waals surface area contributed by atoms with Crippen LogP contribution in [0.4, 0.5) is 0 Å². The summed E-state index contributed by atoms with van der Waals surface area (Å²) in [6.45, 7) is 11.2. The molecule has 1 saturated heterocycles. The molecular weight excluding hydrogens is 148 g/mol. The Balaban J connectivity index is 2.10. The molecule has 0 unspecified atom stereocenters. The van der Waals surface area contributed by atoms with Gasteiger partial charge in [-0.3, -0.25) is 0 Å². The van der Waals surface area contributed by atoms with Gasteiger partial charge < -0.3 is 4.74 Å². The summed E-state index contributed by atoms with van der Waals surface area (Å²) in [6.07, 6.45) is 4.02. The van der Waals surface area contributed by atoms with Gasteiger partial charge in [-0.05, 0) is 18.3 Å². The van der Waals surface area contributed by atoms with Crippen LogP contribution in [0.1, 0.15) is 47.0 Å². The first-order valence-electron chi connectivity index (χ1n) is 4.99. The minimum absolute atomic E-state index is 0.501. The van der Waals surface area contributed by atoms with Crippen molar-refractivity contribution in [3.05, 3.63) is 0 Å². The minimum Gasteiger partial charge on any atom is -0.380 e. The lowest BCUT2D eigenvalue weighted by atomic mass is 9.80. The van der Waals surface area contributed by atoms with Crippen molar-refractivity contribution >= 4 is 0 Å². The van der Waals surface area contributed by atoms with Crippen molar-refractivity contribution in [2.24, 2.45) is 10.8 Å². The van der Waals surface area contributed by atoms with Gasteiger partial charge in [0.15, 0.2) is 0 Å². The molecule has 0 aromatic rings. The van der Waals surface area contributed by atoms with E-state index in [0.717, 1.165) is 13.2 Å². The second-order valence-electron chi connectivity index (χ2n) is 5.72. The zero-order chi connectivity index (χ0) is 9.24. The molecule has 0 radical (unpaired) electrons. The van der Waals surface area contributed by atoms with Gasteiger partial charge in [-0.2, -0.15) is 0 Å². The summed E-state index contributed by atoms with van der Waals surface area (Å²) in [5.74, 6) is 0. The van der Waals surface area contributed by atoms with E-state index < -0.39 is 0 Å². The molecule has 0 N–H and O–H groups in total. The Hall–Kier alpha value is -0.0400. The SMILES string of the molecule is CC(C)(C)CCCC1(C)COC1. The standard InChI is InChI=1S/C11H22O/c1-10(2,3)6-5-7-11(4)8-12-9-11/h5-9H2,1-4H3. The Morgan fingerprint density at radius 2 is 1.83 bits per heavy atom. The normalized spacial score (nSPS) is 22.0. The molecule has 0 bridgehead atoms. The summed E-state index contributed by atoms with van der Waals surface area (Å²) in [7, 11) is 0. The predicted molar refractivity (Wildman–Crippen MR) is 52.2 cm³/mol. The molecule has 1 aliphatic heterocycles. The van der Waals surface area contributed by atoms with Gasteiger partial charge in [-0.15, -0.1) is 0 Å². The molecule has 1 heteroatoms. The highest BCUT2D eigenvalue weighted by atomic mass is 16.5. The first-order valence-corrected chi connectivity index (χ1v) is 4.99. The van der Waals surface area contributed by atoms with Gasteiger partial charge in [-0.1, -0.05) is 34.1 Å². The second kappa shape index (κ2) is 3.37. The largest absolute Gasteiger partial charge is 0.380 e. The van der Waals surface area contributed by atoms with E-state index in [1.807, 2.05) is 0 Å². The van der Waals surface area contributed by atoms with Gasteiger partial charge >= 0.3 is 0 Å². The van der Waals surface area contributed by atoms with E-state index in [9.17, 15) is 0 Å². The van der Waals surface area contributed by atoms with Crippen molar-refractivity contribution in [3.8, 4) is 0 Å². The van der Waals surface area contributed by atoms with Gasteiger partial charge in [0.25, 0.3) is 0 Å². The van der Waals surface area contributed by atoms with Gasteiger partial charge in [0.1, 0.15) is 0 Å². The zero-order valence-corrected chi connectivity index (χ0v) is 8.94. The smallest absolute Gasteiger partial charge is 0.0542 e. The maximum absolute atomic E-state index is 5.22. The van der Waals surface area contributed by atoms with E-state index in [2.05, 4.69) is 27.7 Å². The topological polar surface area (TPSA) is 9.23 Å². The Kier molecular flexibility index (Phi) is 2.82. The Morgan fingerprint density at radius 3 is 2.17 bits per heavy atom. The van der Waals surface area contributed by atoms with Crippen LogP contribution in [-0.2, 0) is 4.74 Å². The summed E-state index contributed by atoms with van der Waals surface area (Å²) >= 11 is 0. The third-order valence-corrected chi connectivity index (χ3v) is 2.61. The van der Waals surface area contributed by atoms with Crippen LogP contribution < -0.4 is 0 Å². The molecule has 0 aromatic carbocycles. The monoisotopic (exact) mass is 170 g/mol. The van der Waals surface area contributed by atoms with Crippen molar-refractivity contribution in [1.82, 2.24) is 0 Å². The van der Waals surface area contributed by atoms with Crippen LogP contribution in [-0.4, -0.2) is 13.2 Å². The van der Waals surface area contributed by atoms with Crippen molar-refractivity contribution in [3.63, 3.8) is 0 Å². The van der Waals surface area contributed by atoms with Crippen LogP contribution in [0.2, 0.25) is 0 Å². The Morgan fingerprint density at radius 1 is 1.25 bits per heavy atom. The van der Waals surface area contributed by atoms with Crippen molar-refractivity contribution in [2.45, 2.75) is 47.0 Å². The molecule has 1 rings (SSSR count). The third kappa shape index (κ3) is 3.14. The van der Waals surface area contributed by atoms with Crippen LogP contribution in [0, 0.1) is 10.8 Å². The van der Waals surface area contributed by atoms with Gasteiger partial charge in [0, 0.05) is 5.41 Å². The molecule has 1 aliphatic rings. The van der Waals surface area contributed by atoms with Gasteiger partial charge in [0.05, 0.1) is 13.2 Å². The fourth-order valence-corrected chi connectivity index (χ4v) is 1.64. The molecule has 0 spiro atoms. The van der Waals surface area contributed by atoms with E-state index in [4.69, 9.17) is 4.74 Å². The van der Waals surface area contributed by atoms with Crippen LogP contribution in [0.5, 0.6) is 0 Å². The fourth-order valence-electron chi connectivity index (χ4n) is 1.64. The maximum atomic E-state index is 5.22. The lowest BCUT2D eigenvalue weighted by Gasteiger charge is -2.38. The molecule has 72 valence electrons. The highest BCUT2D eigenvalue weighted by Gasteiger charge is 2.32. The van der Waals surface area contributed by atoms with Crippen molar-refractivity contribution in [1.29, 1.82) is 0 Å². The summed E-state index contributed by atoms with van der Waals surface area (Å²) in [5.41, 5.74) is 1.02. The molecular formula is C11H22O. The molecule has 12 heavy (non-hydrogen) atoms. The average Bonchev–Trinajstić information content (AvgIpc) is 1.81. The molecule has 0 aliphatic carbocycles. The van der Waals surface area contributed by atoms with E-state index in [0.29, 0.717) is 10.8 Å². The Labute approximate surface area is 76.5 Å². The first-order chi connectivity index (χ1) is 5.41. The molecule has 1 fully saturated rings. The second-order valence-corrected chi connectivity index (χ2v) is 5.72. The number of ether oxygens (including phenoxy) is 1. The van der Waals surface area contributed by atoms with Crippen molar-refractivity contribution < 1.29 is 4.74 Å². The molecule has 0 aromatic heterocycles. The van der Waals surface area contributed by atoms with Crippen LogP contribution in [0.15, 0.2) is 0 Å². The highest BCUT2D eigenvalue weighted by molar-refractivity contribution is 4.80. The molecule has 1 nitrogen and oxygen atoms in total. The predicted octanol–water partition coefficient (Wildman–Crippen LogP) is 3.24. The summed E-state index contributed by atoms with van der Waals surface area (Å²) in [5, 5.41) is 0. The molecule has 0 saturated carbocycles. The quantitative estimate of drug-likeness (QED) is 0.632. The minimum atomic E-state index is 0.501. The Bertz CT molecular complexity index is 140. The molecule has 0 atom stereocenters. The lowest BCUT2D eigenvalue weighted by Crippen LogP contribution is -2.39. The zero-order valence-electron chi connectivity index (χ0n) is 8.94. The summed E-state index contributed by atoms with van der Waals surface area (Å²) in [6, 6.07) is 0. The van der Waals surface area contributed by atoms with Crippen LogP contribution in [0.3, 0.4) is 0 Å². The maximum Gasteiger partial charge on any atom is 0.0542 e. The van der Waals surface area contributed by atoms with Gasteiger partial charge in [-0.25, -0.2) is 0 Å². The number of hydrogen-bond acceptors (Lipinski definition) is 1. The summed E-state index contributed by atoms with van der Waals surface area (Å²) < 4.78 is 5.22. The number of rotatable bonds is 3. The van der Waals surface area contributed by atoms with E-state index in [1.165, 1.54) is 19.3 Å². The summed E-state index contributed by atoms with van der Waals surface area (Å²) in [4.78, 5) is 0. The van der Waals surface area contributed by atoms with E-state index in [-0.39, 0.29) is 0 Å². The highest BCUT2D eigenvalue weighted by Crippen LogP contribution is 2.34. The van der Waals surface area contributed by atoms with E-state index in [1.54, 1.807) is 0 Å². The molecule has 1 heterocycles. The first kappa shape index (κ1) is 10.0. The number of hydrogen-bond donors (Lipinski definition) is 0. The van der Waals surface area contributed by atoms with Gasteiger partial charge in [0.2, 0.25) is 0 Å². The third-order valence-electron chi connectivity index (χ3n) is 2.61. The molecule has 0 amide bonds. The van der Waals surface area contributed by atoms with Crippen molar-refractivity contribution in [2.75, 3.05) is 13.2 Å². The average molecular weight is 170 g/mol.